The summed E-state index contributed by atoms with van der Waals surface area (Å²) in [7, 11) is -4.64. The Labute approximate surface area is 149 Å². The lowest BCUT2D eigenvalue weighted by atomic mass is 9.90. The van der Waals surface area contributed by atoms with Gasteiger partial charge in [0.05, 0.1) is 5.69 Å². The number of rotatable bonds is 5. The summed E-state index contributed by atoms with van der Waals surface area (Å²) in [4.78, 5) is 14.7. The third-order valence-electron chi connectivity index (χ3n) is 4.05. The zero-order valence-electron chi connectivity index (χ0n) is 13.1. The number of nitrogens with zero attached hydrogens (tertiary/aromatic N) is 2. The van der Waals surface area contributed by atoms with Gasteiger partial charge in [0, 0.05) is 5.38 Å². The maximum atomic E-state index is 11.8. The quantitative estimate of drug-likeness (QED) is 0.677. The zero-order valence-corrected chi connectivity index (χ0v) is 14.8. The van der Waals surface area contributed by atoms with Gasteiger partial charge in [-0.15, -0.1) is 11.3 Å². The van der Waals surface area contributed by atoms with Crippen LogP contribution in [-0.4, -0.2) is 42.1 Å². The molecule has 3 N–H and O–H groups in total. The van der Waals surface area contributed by atoms with Gasteiger partial charge in [-0.2, -0.15) is 12.7 Å². The van der Waals surface area contributed by atoms with Crippen LogP contribution in [0.4, 0.5) is 10.8 Å². The Morgan fingerprint density at radius 2 is 1.88 bits per heavy atom. The molecule has 1 aromatic carbocycles. The van der Waals surface area contributed by atoms with Gasteiger partial charge in [-0.25, -0.2) is 9.78 Å². The van der Waals surface area contributed by atoms with Crippen molar-refractivity contribution in [1.29, 1.82) is 0 Å². The molecule has 0 radical (unpaired) electrons. The monoisotopic (exact) mass is 383 g/mol. The summed E-state index contributed by atoms with van der Waals surface area (Å²) >= 11 is 0.827. The summed E-state index contributed by atoms with van der Waals surface area (Å²) < 4.78 is 33.8. The highest BCUT2D eigenvalue weighted by atomic mass is 32.2. The van der Waals surface area contributed by atoms with Gasteiger partial charge in [0.1, 0.15) is 0 Å². The molecule has 0 amide bonds. The lowest BCUT2D eigenvalue weighted by Crippen LogP contribution is -2.27. The van der Waals surface area contributed by atoms with E-state index in [-0.39, 0.29) is 16.5 Å². The van der Waals surface area contributed by atoms with Gasteiger partial charge in [0.25, 0.3) is 0 Å². The largest absolute Gasteiger partial charge is 0.476 e. The van der Waals surface area contributed by atoms with E-state index in [0.717, 1.165) is 42.8 Å². The average Bonchev–Trinajstić information content (AvgIpc) is 3.05. The minimum Gasteiger partial charge on any atom is -0.476 e. The van der Waals surface area contributed by atoms with Crippen molar-refractivity contribution in [3.63, 3.8) is 0 Å². The van der Waals surface area contributed by atoms with Crippen molar-refractivity contribution in [2.45, 2.75) is 18.8 Å². The van der Waals surface area contributed by atoms with Crippen LogP contribution >= 0.6 is 11.3 Å². The van der Waals surface area contributed by atoms with Crippen molar-refractivity contribution in [2.24, 2.45) is 0 Å². The van der Waals surface area contributed by atoms with Crippen LogP contribution in [0, 0.1) is 0 Å². The van der Waals surface area contributed by atoms with E-state index in [2.05, 4.69) is 10.3 Å². The predicted molar refractivity (Wildman–Crippen MR) is 94.0 cm³/mol. The topological polar surface area (TPSA) is 120 Å². The first-order valence-corrected chi connectivity index (χ1v) is 9.91. The molecule has 0 atom stereocenters. The zero-order chi connectivity index (χ0) is 18.0. The van der Waals surface area contributed by atoms with Crippen molar-refractivity contribution in [3.8, 4) is 0 Å². The normalized spacial score (nSPS) is 15.9. The van der Waals surface area contributed by atoms with Crippen LogP contribution in [0.5, 0.6) is 0 Å². The number of hydrogen-bond donors (Lipinski definition) is 3. The van der Waals surface area contributed by atoms with Gasteiger partial charge in [0.2, 0.25) is 5.13 Å². The highest BCUT2D eigenvalue weighted by Crippen LogP contribution is 2.33. The van der Waals surface area contributed by atoms with Crippen molar-refractivity contribution in [2.75, 3.05) is 17.4 Å². The molecule has 0 unspecified atom stereocenters. The molecule has 0 aliphatic carbocycles. The lowest BCUT2D eigenvalue weighted by Gasteiger charge is -2.24. The van der Waals surface area contributed by atoms with E-state index in [4.69, 9.17) is 5.11 Å². The van der Waals surface area contributed by atoms with Crippen molar-refractivity contribution in [1.82, 2.24) is 10.3 Å². The minimum absolute atomic E-state index is 0.130. The lowest BCUT2D eigenvalue weighted by molar-refractivity contribution is 0.0691. The van der Waals surface area contributed by atoms with E-state index in [1.807, 2.05) is 12.1 Å². The second kappa shape index (κ2) is 7.08. The van der Waals surface area contributed by atoms with Gasteiger partial charge >= 0.3 is 16.3 Å². The molecule has 1 saturated heterocycles. The molecule has 3 rings (SSSR count). The Kier molecular flexibility index (Phi) is 5.04. The molecule has 1 aliphatic rings. The van der Waals surface area contributed by atoms with Crippen LogP contribution in [-0.2, 0) is 10.3 Å². The SMILES string of the molecule is O=C(O)c1csc(N(c2ccc(C3CCNCC3)cc2)S(=O)(=O)O)n1. The number of carboxylic acid groups (broad SMARTS) is 1. The number of nitrogens with one attached hydrogen (secondary N) is 1. The number of piperidine rings is 1. The number of thiazole rings is 1. The molecular weight excluding hydrogens is 366 g/mol. The van der Waals surface area contributed by atoms with Crippen molar-refractivity contribution >= 4 is 38.4 Å². The van der Waals surface area contributed by atoms with Gasteiger partial charge < -0.3 is 10.4 Å². The molecular formula is C15H17N3O5S2. The maximum Gasteiger partial charge on any atom is 0.366 e. The van der Waals surface area contributed by atoms with Gasteiger partial charge in [-0.1, -0.05) is 12.1 Å². The number of carbonyl (C=O) groups is 1. The minimum atomic E-state index is -4.64. The first-order valence-electron chi connectivity index (χ1n) is 7.63. The van der Waals surface area contributed by atoms with Gasteiger partial charge in [-0.05, 0) is 49.5 Å². The maximum absolute atomic E-state index is 11.8. The number of anilines is 2. The van der Waals surface area contributed by atoms with E-state index >= 15 is 0 Å². The van der Waals surface area contributed by atoms with E-state index in [1.54, 1.807) is 12.1 Å². The molecule has 0 bridgehead atoms. The predicted octanol–water partition coefficient (Wildman–Crippen LogP) is 2.25. The summed E-state index contributed by atoms with van der Waals surface area (Å²) in [5.41, 5.74) is 1.03. The first kappa shape index (κ1) is 17.8. The van der Waals surface area contributed by atoms with Gasteiger partial charge in [0.15, 0.2) is 5.69 Å². The summed E-state index contributed by atoms with van der Waals surface area (Å²) in [6.07, 6.45) is 2.02. The fourth-order valence-corrected chi connectivity index (χ4v) is 4.60. The molecule has 10 heteroatoms. The fourth-order valence-electron chi connectivity index (χ4n) is 2.84. The third-order valence-corrected chi connectivity index (χ3v) is 5.84. The number of benzene rings is 1. The average molecular weight is 383 g/mol. The number of aromatic nitrogens is 1. The highest BCUT2D eigenvalue weighted by Gasteiger charge is 2.26. The smallest absolute Gasteiger partial charge is 0.366 e. The number of carboxylic acids is 1. The summed E-state index contributed by atoms with van der Waals surface area (Å²) in [5, 5.41) is 13.3. The Balaban J connectivity index is 1.92. The third kappa shape index (κ3) is 3.98. The first-order chi connectivity index (χ1) is 11.9. The van der Waals surface area contributed by atoms with Crippen LogP contribution in [0.15, 0.2) is 29.6 Å². The van der Waals surface area contributed by atoms with Crippen LogP contribution in [0.1, 0.15) is 34.8 Å². The Bertz CT molecular complexity index is 858. The van der Waals surface area contributed by atoms with E-state index in [0.29, 0.717) is 10.2 Å². The van der Waals surface area contributed by atoms with Crippen molar-refractivity contribution < 1.29 is 22.9 Å². The van der Waals surface area contributed by atoms with E-state index in [9.17, 15) is 17.8 Å². The van der Waals surface area contributed by atoms with Crippen LogP contribution in [0.3, 0.4) is 0 Å². The Hall–Kier alpha value is -2.01. The molecule has 1 aromatic heterocycles. The van der Waals surface area contributed by atoms with Crippen LogP contribution in [0.2, 0.25) is 0 Å². The summed E-state index contributed by atoms with van der Waals surface area (Å²) in [6, 6.07) is 6.84. The number of aromatic carboxylic acids is 1. The molecule has 0 spiro atoms. The van der Waals surface area contributed by atoms with Gasteiger partial charge in [-0.3, -0.25) is 4.55 Å². The van der Waals surface area contributed by atoms with Crippen molar-refractivity contribution in [3.05, 3.63) is 40.9 Å². The fraction of sp³-hybridized carbons (Fsp3) is 0.333. The molecule has 1 fully saturated rings. The second-order valence-corrected chi connectivity index (χ2v) is 7.78. The highest BCUT2D eigenvalue weighted by molar-refractivity contribution is 7.87. The Morgan fingerprint density at radius 3 is 2.40 bits per heavy atom. The summed E-state index contributed by atoms with van der Waals surface area (Å²) in [5.74, 6) is -0.855. The number of hydrogen-bond acceptors (Lipinski definition) is 6. The van der Waals surface area contributed by atoms with E-state index < -0.39 is 16.3 Å². The molecule has 25 heavy (non-hydrogen) atoms. The van der Waals surface area contributed by atoms with Crippen LogP contribution in [0.25, 0.3) is 0 Å². The molecule has 2 aromatic rings. The molecule has 2 heterocycles. The molecule has 0 saturated carbocycles. The van der Waals surface area contributed by atoms with Crippen LogP contribution < -0.4 is 9.62 Å². The molecule has 134 valence electrons. The second-order valence-electron chi connectivity index (χ2n) is 5.68. The Morgan fingerprint density at radius 1 is 1.24 bits per heavy atom. The summed E-state index contributed by atoms with van der Waals surface area (Å²) in [6.45, 7) is 1.89. The van der Waals surface area contributed by atoms with E-state index in [1.165, 1.54) is 5.38 Å². The molecule has 1 aliphatic heterocycles. The molecule has 8 nitrogen and oxygen atoms in total. The standard InChI is InChI=1S/C15H17N3O5S2/c19-14(20)13-9-24-15(17-13)18(25(21,22)23)12-3-1-10(2-4-12)11-5-7-16-8-6-11/h1-4,9,11,16H,5-8H2,(H,19,20)(H,21,22,23).